The van der Waals surface area contributed by atoms with Gasteiger partial charge in [-0.05, 0) is 56.5 Å². The molecule has 0 radical (unpaired) electrons. The standard InChI is InChI=1S/C23H27Cl2N3O2.C3H6O3/c24-19-4-3-5-21(23(19)25)28-13-11-27(12-14-28)10-1-2-15-30-18-8-6-17-7-9-22(29)26-20(17)16-18;1-2(4)3(5)6/h3-6,8,16H,1-2,7,9-15H2,(H,26,29);2,4H,1H3,(H,5,6). The number of ether oxygens (including phenoxy) is 1. The number of hydrogen-bond donors (Lipinski definition) is 3. The molecule has 2 aliphatic rings. The van der Waals surface area contributed by atoms with Gasteiger partial charge in [0, 0.05) is 44.4 Å². The molecule has 10 heteroatoms. The summed E-state index contributed by atoms with van der Waals surface area (Å²) in [6.07, 6.45) is 2.24. The van der Waals surface area contributed by atoms with Crippen LogP contribution in [0.15, 0.2) is 36.4 Å². The van der Waals surface area contributed by atoms with Crippen LogP contribution in [0.25, 0.3) is 0 Å². The number of carbonyl (C=O) groups excluding carboxylic acids is 1. The summed E-state index contributed by atoms with van der Waals surface area (Å²) in [5.41, 5.74) is 3.10. The molecule has 3 N–H and O–H groups in total. The predicted octanol–water partition coefficient (Wildman–Crippen LogP) is 4.31. The number of carboxylic acid groups (broad SMARTS) is 1. The minimum atomic E-state index is -1.23. The van der Waals surface area contributed by atoms with Crippen molar-refractivity contribution < 1.29 is 24.5 Å². The first kappa shape index (κ1) is 28.1. The van der Waals surface area contributed by atoms with Gasteiger partial charge in [-0.1, -0.05) is 35.3 Å². The number of aliphatic hydroxyl groups excluding tert-OH is 1. The number of anilines is 2. The Kier molecular flexibility index (Phi) is 10.7. The zero-order chi connectivity index (χ0) is 26.1. The van der Waals surface area contributed by atoms with E-state index in [2.05, 4.69) is 21.2 Å². The molecule has 8 nitrogen and oxygen atoms in total. The highest BCUT2D eigenvalue weighted by Crippen LogP contribution is 2.33. The normalized spacial score (nSPS) is 16.3. The van der Waals surface area contributed by atoms with E-state index in [0.717, 1.165) is 69.1 Å². The highest BCUT2D eigenvalue weighted by molar-refractivity contribution is 6.43. The molecule has 1 saturated heterocycles. The van der Waals surface area contributed by atoms with Crippen LogP contribution in [0, 0.1) is 0 Å². The first-order chi connectivity index (χ1) is 17.2. The van der Waals surface area contributed by atoms with Crippen LogP contribution in [0.3, 0.4) is 0 Å². The number of nitrogens with zero attached hydrogens (tertiary/aromatic N) is 2. The van der Waals surface area contributed by atoms with E-state index >= 15 is 0 Å². The predicted molar refractivity (Wildman–Crippen MR) is 143 cm³/mol. The Balaban J connectivity index is 0.000000538. The van der Waals surface area contributed by atoms with Gasteiger partial charge in [-0.2, -0.15) is 0 Å². The molecule has 0 spiro atoms. The molecule has 1 unspecified atom stereocenters. The van der Waals surface area contributed by atoms with E-state index in [1.807, 2.05) is 30.3 Å². The second kappa shape index (κ2) is 13.7. The molecule has 2 aromatic carbocycles. The summed E-state index contributed by atoms with van der Waals surface area (Å²) >= 11 is 12.5. The molecule has 1 amide bonds. The lowest BCUT2D eigenvalue weighted by Gasteiger charge is -2.36. The number of amides is 1. The first-order valence-electron chi connectivity index (χ1n) is 12.1. The van der Waals surface area contributed by atoms with Crippen LogP contribution in [-0.4, -0.2) is 72.4 Å². The monoisotopic (exact) mass is 537 g/mol. The average Bonchev–Trinajstić information content (AvgIpc) is 2.86. The van der Waals surface area contributed by atoms with Crippen LogP contribution in [-0.2, 0) is 16.0 Å². The fraction of sp³-hybridized carbons (Fsp3) is 0.462. The van der Waals surface area contributed by atoms with Gasteiger partial charge in [0.25, 0.3) is 0 Å². The third-order valence-electron chi connectivity index (χ3n) is 6.12. The highest BCUT2D eigenvalue weighted by Gasteiger charge is 2.19. The van der Waals surface area contributed by atoms with E-state index in [1.54, 1.807) is 0 Å². The average molecular weight is 538 g/mol. The van der Waals surface area contributed by atoms with Crippen molar-refractivity contribution in [3.63, 3.8) is 0 Å². The summed E-state index contributed by atoms with van der Waals surface area (Å²) in [5, 5.41) is 19.9. The summed E-state index contributed by atoms with van der Waals surface area (Å²) in [4.78, 5) is 25.8. The Bertz CT molecular complexity index is 1040. The third kappa shape index (κ3) is 8.27. The van der Waals surface area contributed by atoms with Crippen LogP contribution in [0.1, 0.15) is 31.7 Å². The quantitative estimate of drug-likeness (QED) is 0.431. The molecular formula is C26H33Cl2N3O5. The second-order valence-electron chi connectivity index (χ2n) is 8.84. The van der Waals surface area contributed by atoms with Gasteiger partial charge < -0.3 is 25.2 Å². The van der Waals surface area contributed by atoms with Gasteiger partial charge in [-0.15, -0.1) is 0 Å². The van der Waals surface area contributed by atoms with E-state index in [0.29, 0.717) is 23.1 Å². The molecule has 0 bridgehead atoms. The highest BCUT2D eigenvalue weighted by atomic mass is 35.5. The van der Waals surface area contributed by atoms with E-state index in [1.165, 1.54) is 12.5 Å². The number of carbonyl (C=O) groups is 2. The van der Waals surface area contributed by atoms with Gasteiger partial charge in [0.05, 0.1) is 22.3 Å². The van der Waals surface area contributed by atoms with Crippen molar-refractivity contribution in [3.8, 4) is 5.75 Å². The molecule has 0 saturated carbocycles. The lowest BCUT2D eigenvalue weighted by molar-refractivity contribution is -0.145. The fourth-order valence-corrected chi connectivity index (χ4v) is 4.43. The smallest absolute Gasteiger partial charge is 0.332 e. The van der Waals surface area contributed by atoms with E-state index < -0.39 is 12.1 Å². The number of hydrogen-bond acceptors (Lipinski definition) is 6. The van der Waals surface area contributed by atoms with E-state index in [-0.39, 0.29) is 5.91 Å². The van der Waals surface area contributed by atoms with Gasteiger partial charge in [-0.25, -0.2) is 4.79 Å². The maximum absolute atomic E-state index is 11.5. The molecule has 1 fully saturated rings. The molecule has 0 aliphatic carbocycles. The van der Waals surface area contributed by atoms with E-state index in [9.17, 15) is 9.59 Å². The Morgan fingerprint density at radius 2 is 1.83 bits per heavy atom. The van der Waals surface area contributed by atoms with Crippen molar-refractivity contribution >= 4 is 46.5 Å². The number of rotatable bonds is 8. The first-order valence-corrected chi connectivity index (χ1v) is 12.9. The Morgan fingerprint density at radius 3 is 2.53 bits per heavy atom. The van der Waals surface area contributed by atoms with Crippen molar-refractivity contribution in [2.24, 2.45) is 0 Å². The molecular weight excluding hydrogens is 505 g/mol. The molecule has 2 aromatic rings. The van der Waals surface area contributed by atoms with Crippen LogP contribution in [0.4, 0.5) is 11.4 Å². The summed E-state index contributed by atoms with van der Waals surface area (Å²) in [7, 11) is 0. The molecule has 2 aliphatic heterocycles. The zero-order valence-electron chi connectivity index (χ0n) is 20.4. The van der Waals surface area contributed by atoms with Gasteiger partial charge in [0.1, 0.15) is 11.9 Å². The summed E-state index contributed by atoms with van der Waals surface area (Å²) in [6, 6.07) is 11.8. The number of halogens is 2. The number of piperazine rings is 1. The minimum Gasteiger partial charge on any atom is -0.494 e. The zero-order valence-corrected chi connectivity index (χ0v) is 21.9. The number of unbranched alkanes of at least 4 members (excludes halogenated alkanes) is 1. The molecule has 4 rings (SSSR count). The fourth-order valence-electron chi connectivity index (χ4n) is 4.02. The Morgan fingerprint density at radius 1 is 1.11 bits per heavy atom. The maximum Gasteiger partial charge on any atom is 0.332 e. The topological polar surface area (TPSA) is 102 Å². The summed E-state index contributed by atoms with van der Waals surface area (Å²) < 4.78 is 5.89. The number of aliphatic carboxylic acids is 1. The number of nitrogens with one attached hydrogen (secondary N) is 1. The van der Waals surface area contributed by atoms with Crippen molar-refractivity contribution in [1.29, 1.82) is 0 Å². The van der Waals surface area contributed by atoms with Crippen LogP contribution in [0.5, 0.6) is 5.75 Å². The van der Waals surface area contributed by atoms with E-state index in [4.69, 9.17) is 38.2 Å². The van der Waals surface area contributed by atoms with Crippen molar-refractivity contribution in [2.45, 2.75) is 38.7 Å². The SMILES string of the molecule is CC(O)C(=O)O.O=C1CCc2ccc(OCCCCN3CCN(c4cccc(Cl)c4Cl)CC3)cc2N1. The Labute approximate surface area is 221 Å². The van der Waals surface area contributed by atoms with Gasteiger partial charge in [-0.3, -0.25) is 9.69 Å². The number of carboxylic acids is 1. The van der Waals surface area contributed by atoms with Gasteiger partial charge >= 0.3 is 5.97 Å². The number of aliphatic hydroxyl groups is 1. The third-order valence-corrected chi connectivity index (χ3v) is 6.92. The maximum atomic E-state index is 11.5. The van der Waals surface area contributed by atoms with Crippen molar-refractivity contribution in [2.75, 3.05) is 49.5 Å². The van der Waals surface area contributed by atoms with Crippen molar-refractivity contribution in [1.82, 2.24) is 4.90 Å². The molecule has 2 heterocycles. The molecule has 196 valence electrons. The van der Waals surface area contributed by atoms with Crippen LogP contribution < -0.4 is 15.0 Å². The lowest BCUT2D eigenvalue weighted by atomic mass is 10.0. The van der Waals surface area contributed by atoms with Gasteiger partial charge in [0.2, 0.25) is 5.91 Å². The minimum absolute atomic E-state index is 0.0809. The van der Waals surface area contributed by atoms with Gasteiger partial charge in [0.15, 0.2) is 0 Å². The molecule has 36 heavy (non-hydrogen) atoms. The van der Waals surface area contributed by atoms with Crippen LogP contribution >= 0.6 is 23.2 Å². The summed E-state index contributed by atoms with van der Waals surface area (Å²) in [5.74, 6) is -0.282. The lowest BCUT2D eigenvalue weighted by Crippen LogP contribution is -2.46. The Hall–Kier alpha value is -2.52. The second-order valence-corrected chi connectivity index (χ2v) is 9.62. The number of aryl methyl sites for hydroxylation is 1. The van der Waals surface area contributed by atoms with Crippen molar-refractivity contribution in [3.05, 3.63) is 52.0 Å². The number of fused-ring (bicyclic) bond motifs is 1. The molecule has 0 aromatic heterocycles. The largest absolute Gasteiger partial charge is 0.494 e. The molecule has 1 atom stereocenters. The number of benzene rings is 2. The summed E-state index contributed by atoms with van der Waals surface area (Å²) in [6.45, 7) is 6.91. The van der Waals surface area contributed by atoms with Crippen LogP contribution in [0.2, 0.25) is 10.0 Å².